The van der Waals surface area contributed by atoms with E-state index in [1.54, 1.807) is 0 Å². The van der Waals surface area contributed by atoms with Gasteiger partial charge in [0.25, 0.3) is 0 Å². The van der Waals surface area contributed by atoms with Crippen LogP contribution in [0.3, 0.4) is 0 Å². The minimum atomic E-state index is -4.33. The number of nitrogens with one attached hydrogen (secondary N) is 2. The third-order valence-corrected chi connectivity index (χ3v) is 4.62. The molecule has 0 aliphatic heterocycles. The monoisotopic (exact) mass is 422 g/mol. The summed E-state index contributed by atoms with van der Waals surface area (Å²) in [6.45, 7) is 7.48. The van der Waals surface area contributed by atoms with E-state index in [1.807, 2.05) is 45.0 Å². The highest BCUT2D eigenvalue weighted by atomic mass is 19.4. The highest BCUT2D eigenvalue weighted by Crippen LogP contribution is 2.31. The zero-order valence-electron chi connectivity index (χ0n) is 17.6. The fraction of sp³-hybridized carbons (Fsp3) is 0.435. The van der Waals surface area contributed by atoms with Crippen molar-refractivity contribution >= 4 is 6.09 Å². The maximum Gasteiger partial charge on any atom is 0.416 e. The molecule has 0 saturated heterocycles. The van der Waals surface area contributed by atoms with Crippen LogP contribution in [0.5, 0.6) is 0 Å². The van der Waals surface area contributed by atoms with Crippen molar-refractivity contribution in [1.82, 2.24) is 10.6 Å². The van der Waals surface area contributed by atoms with Crippen LogP contribution >= 0.6 is 0 Å². The summed E-state index contributed by atoms with van der Waals surface area (Å²) in [5, 5.41) is 5.96. The van der Waals surface area contributed by atoms with Gasteiger partial charge in [-0.05, 0) is 49.1 Å². The number of hydrogen-bond acceptors (Lipinski definition) is 3. The highest BCUT2D eigenvalue weighted by Gasteiger charge is 2.29. The molecular weight excluding hydrogens is 393 g/mol. The number of alkyl halides is 3. The second kappa shape index (κ2) is 10.5. The summed E-state index contributed by atoms with van der Waals surface area (Å²) in [6.07, 6.45) is -3.00. The summed E-state index contributed by atoms with van der Waals surface area (Å²) in [6, 6.07) is 12.7. The van der Waals surface area contributed by atoms with Crippen molar-refractivity contribution < 1.29 is 22.7 Å². The maximum atomic E-state index is 12.7. The van der Waals surface area contributed by atoms with Gasteiger partial charge in [0.05, 0.1) is 5.56 Å². The zero-order valence-corrected chi connectivity index (χ0v) is 17.6. The van der Waals surface area contributed by atoms with Crippen LogP contribution in [-0.2, 0) is 17.5 Å². The van der Waals surface area contributed by atoms with Gasteiger partial charge in [-0.3, -0.25) is 0 Å². The van der Waals surface area contributed by atoms with Crippen molar-refractivity contribution in [2.45, 2.75) is 51.9 Å². The lowest BCUT2D eigenvalue weighted by atomic mass is 10.0. The van der Waals surface area contributed by atoms with Crippen LogP contribution in [0.1, 0.15) is 44.7 Å². The average Bonchev–Trinajstić information content (AvgIpc) is 2.67. The van der Waals surface area contributed by atoms with Crippen LogP contribution in [0.25, 0.3) is 11.1 Å². The lowest BCUT2D eigenvalue weighted by molar-refractivity contribution is -0.137. The predicted octanol–water partition coefficient (Wildman–Crippen LogP) is 5.77. The molecule has 2 rings (SSSR count). The smallest absolute Gasteiger partial charge is 0.416 e. The normalized spacial score (nSPS) is 11.9. The van der Waals surface area contributed by atoms with Crippen molar-refractivity contribution in [1.29, 1.82) is 0 Å². The van der Waals surface area contributed by atoms with E-state index in [9.17, 15) is 18.0 Å². The summed E-state index contributed by atoms with van der Waals surface area (Å²) in [5.41, 5.74) is 1.50. The first kappa shape index (κ1) is 23.7. The second-order valence-electron chi connectivity index (χ2n) is 7.77. The molecule has 0 atom stereocenters. The molecular formula is C23H29F3N2O2. The number of ether oxygens (including phenoxy) is 1. The van der Waals surface area contributed by atoms with Gasteiger partial charge in [-0.2, -0.15) is 13.2 Å². The first-order chi connectivity index (χ1) is 14.1. The number of halogens is 3. The van der Waals surface area contributed by atoms with Crippen LogP contribution in [0.2, 0.25) is 0 Å². The molecule has 2 aromatic rings. The third kappa shape index (κ3) is 7.71. The van der Waals surface area contributed by atoms with Gasteiger partial charge < -0.3 is 15.4 Å². The van der Waals surface area contributed by atoms with Gasteiger partial charge >= 0.3 is 12.3 Å². The lowest BCUT2D eigenvalue weighted by Gasteiger charge is -2.24. The quantitative estimate of drug-likeness (QED) is 0.505. The number of carbonyl (C=O) groups excluding carboxylic acids is 1. The molecule has 0 aliphatic rings. The number of hydrogen-bond donors (Lipinski definition) is 2. The molecule has 0 unspecified atom stereocenters. The van der Waals surface area contributed by atoms with Gasteiger partial charge in [0.1, 0.15) is 5.60 Å². The number of benzene rings is 2. The van der Waals surface area contributed by atoms with Crippen molar-refractivity contribution in [2.75, 3.05) is 13.1 Å². The minimum absolute atomic E-state index is 0.420. The molecule has 0 bridgehead atoms. The molecule has 0 heterocycles. The third-order valence-electron chi connectivity index (χ3n) is 4.62. The molecule has 0 aromatic heterocycles. The maximum absolute atomic E-state index is 12.7. The molecule has 0 aliphatic carbocycles. The highest BCUT2D eigenvalue weighted by molar-refractivity contribution is 5.67. The van der Waals surface area contributed by atoms with Crippen molar-refractivity contribution in [3.8, 4) is 11.1 Å². The molecule has 1 amide bonds. The Morgan fingerprint density at radius 2 is 1.50 bits per heavy atom. The van der Waals surface area contributed by atoms with Gasteiger partial charge in [0, 0.05) is 19.6 Å². The van der Waals surface area contributed by atoms with Crippen molar-refractivity contribution in [3.63, 3.8) is 0 Å². The lowest BCUT2D eigenvalue weighted by Crippen LogP contribution is -2.37. The van der Waals surface area contributed by atoms with Crippen LogP contribution in [0.4, 0.5) is 18.0 Å². The van der Waals surface area contributed by atoms with E-state index in [0.29, 0.717) is 19.6 Å². The summed E-state index contributed by atoms with van der Waals surface area (Å²) in [7, 11) is 0. The second-order valence-corrected chi connectivity index (χ2v) is 7.77. The van der Waals surface area contributed by atoms with Crippen molar-refractivity contribution in [2.24, 2.45) is 0 Å². The fourth-order valence-corrected chi connectivity index (χ4v) is 3.09. The first-order valence-electron chi connectivity index (χ1n) is 10.0. The van der Waals surface area contributed by atoms with E-state index in [4.69, 9.17) is 4.74 Å². The van der Waals surface area contributed by atoms with Crippen LogP contribution in [-0.4, -0.2) is 24.8 Å². The van der Waals surface area contributed by atoms with Crippen LogP contribution in [0, 0.1) is 0 Å². The fourth-order valence-electron chi connectivity index (χ4n) is 3.09. The van der Waals surface area contributed by atoms with E-state index in [2.05, 4.69) is 10.6 Å². The molecule has 2 N–H and O–H groups in total. The van der Waals surface area contributed by atoms with Gasteiger partial charge in [0.2, 0.25) is 0 Å². The average molecular weight is 422 g/mol. The largest absolute Gasteiger partial charge is 0.444 e. The van der Waals surface area contributed by atoms with Gasteiger partial charge in [-0.15, -0.1) is 0 Å². The molecule has 0 radical (unpaired) electrons. The number of amides is 1. The summed E-state index contributed by atoms with van der Waals surface area (Å²) < 4.78 is 43.4. The van der Waals surface area contributed by atoms with E-state index in [1.165, 1.54) is 12.1 Å². The summed E-state index contributed by atoms with van der Waals surface area (Å²) in [5.74, 6) is 0. The molecule has 0 fully saturated rings. The first-order valence-corrected chi connectivity index (χ1v) is 10.0. The Kier molecular flexibility index (Phi) is 8.29. The molecule has 4 nitrogen and oxygen atoms in total. The Bertz CT molecular complexity index is 801. The molecule has 2 aromatic carbocycles. The van der Waals surface area contributed by atoms with Crippen molar-refractivity contribution in [3.05, 3.63) is 59.7 Å². The molecule has 30 heavy (non-hydrogen) atoms. The number of alkyl carbamates (subject to hydrolysis) is 1. The van der Waals surface area contributed by atoms with E-state index >= 15 is 0 Å². The van der Waals surface area contributed by atoms with Gasteiger partial charge in [-0.25, -0.2) is 4.79 Å². The minimum Gasteiger partial charge on any atom is -0.444 e. The number of rotatable bonds is 9. The van der Waals surface area contributed by atoms with Gasteiger partial charge in [-0.1, -0.05) is 49.7 Å². The zero-order chi connectivity index (χ0) is 22.2. The predicted molar refractivity (Wildman–Crippen MR) is 112 cm³/mol. The number of carbonyl (C=O) groups is 1. The molecule has 0 spiro atoms. The van der Waals surface area contributed by atoms with E-state index in [0.717, 1.165) is 41.7 Å². The molecule has 0 saturated carbocycles. The Balaban J connectivity index is 1.74. The SMILES string of the molecule is CCCC(C)(C)OC(=O)NCCNCc1ccc(-c2ccc(C(F)(F)F)cc2)cc1. The Hall–Kier alpha value is -2.54. The standard InChI is InChI=1S/C23H29F3N2O2/c1-4-13-22(2,3)30-21(29)28-15-14-27-16-17-5-7-18(8-6-17)19-9-11-20(12-10-19)23(24,25)26/h5-12,27H,4,13-16H2,1-3H3,(H,28,29). The van der Waals surface area contributed by atoms with E-state index < -0.39 is 23.4 Å². The van der Waals surface area contributed by atoms with Gasteiger partial charge in [0.15, 0.2) is 0 Å². The van der Waals surface area contributed by atoms with E-state index in [-0.39, 0.29) is 0 Å². The molecule has 164 valence electrons. The Labute approximate surface area is 175 Å². The van der Waals surface area contributed by atoms with Crippen LogP contribution in [0.15, 0.2) is 48.5 Å². The Morgan fingerprint density at radius 3 is 2.03 bits per heavy atom. The Morgan fingerprint density at radius 1 is 0.933 bits per heavy atom. The topological polar surface area (TPSA) is 50.4 Å². The van der Waals surface area contributed by atoms with Crippen LogP contribution < -0.4 is 10.6 Å². The summed E-state index contributed by atoms with van der Waals surface area (Å²) in [4.78, 5) is 11.8. The summed E-state index contributed by atoms with van der Waals surface area (Å²) >= 11 is 0. The molecule has 7 heteroatoms.